The number of benzene rings is 2. The summed E-state index contributed by atoms with van der Waals surface area (Å²) >= 11 is 2.01. The van der Waals surface area contributed by atoms with Gasteiger partial charge >= 0.3 is 0 Å². The van der Waals surface area contributed by atoms with Crippen molar-refractivity contribution in [2.24, 2.45) is 5.92 Å². The third-order valence-corrected chi connectivity index (χ3v) is 5.73. The molecule has 0 aliphatic rings. The Labute approximate surface area is 167 Å². The van der Waals surface area contributed by atoms with Gasteiger partial charge in [-0.15, -0.1) is 0 Å². The highest BCUT2D eigenvalue weighted by Gasteiger charge is 2.19. The molecule has 0 heterocycles. The molecule has 0 aliphatic carbocycles. The third kappa shape index (κ3) is 5.10. The van der Waals surface area contributed by atoms with Gasteiger partial charge in [-0.2, -0.15) is 0 Å². The average molecular weight is 488 g/mol. The molecule has 8 heteroatoms. The average Bonchev–Trinajstić information content (AvgIpc) is 2.59. The van der Waals surface area contributed by atoms with Crippen molar-refractivity contribution in [2.45, 2.75) is 18.7 Å². The van der Waals surface area contributed by atoms with Crippen molar-refractivity contribution in [2.75, 3.05) is 18.4 Å². The van der Waals surface area contributed by atoms with Crippen LogP contribution in [0.5, 0.6) is 5.75 Å². The van der Waals surface area contributed by atoms with E-state index < -0.39 is 10.0 Å². The van der Waals surface area contributed by atoms with Gasteiger partial charge in [-0.25, -0.2) is 8.42 Å². The number of carbonyl (C=O) groups is 1. The molecule has 0 atom stereocenters. The zero-order valence-corrected chi connectivity index (χ0v) is 17.7. The Balaban J connectivity index is 2.30. The van der Waals surface area contributed by atoms with E-state index in [9.17, 15) is 13.2 Å². The summed E-state index contributed by atoms with van der Waals surface area (Å²) in [6.45, 7) is 4.48. The Bertz CT molecular complexity index is 898. The maximum atomic E-state index is 12.7. The minimum absolute atomic E-state index is 0.0973. The van der Waals surface area contributed by atoms with Crippen LogP contribution in [0.15, 0.2) is 47.4 Å². The molecule has 2 rings (SSSR count). The number of hydrogen-bond donors (Lipinski definition) is 2. The van der Waals surface area contributed by atoms with E-state index in [-0.39, 0.29) is 22.1 Å². The van der Waals surface area contributed by atoms with Crippen LogP contribution in [-0.2, 0) is 10.0 Å². The smallest absolute Gasteiger partial charge is 0.261 e. The lowest BCUT2D eigenvalue weighted by molar-refractivity contribution is 0.0950. The highest BCUT2D eigenvalue weighted by molar-refractivity contribution is 14.1. The summed E-state index contributed by atoms with van der Waals surface area (Å²) in [6.07, 6.45) is 0. The number of ether oxygens (including phenoxy) is 1. The predicted octanol–water partition coefficient (Wildman–Crippen LogP) is 3.49. The molecule has 140 valence electrons. The van der Waals surface area contributed by atoms with Crippen LogP contribution in [0.3, 0.4) is 0 Å². The number of nitrogens with one attached hydrogen (secondary N) is 2. The molecule has 6 nitrogen and oxygen atoms in total. The largest absolute Gasteiger partial charge is 0.496 e. The Morgan fingerprint density at radius 2 is 1.88 bits per heavy atom. The van der Waals surface area contributed by atoms with Crippen LogP contribution in [0.2, 0.25) is 0 Å². The Morgan fingerprint density at radius 1 is 1.19 bits per heavy atom. The van der Waals surface area contributed by atoms with Gasteiger partial charge in [-0.1, -0.05) is 26.0 Å². The number of methoxy groups -OCH3 is 1. The van der Waals surface area contributed by atoms with E-state index in [0.29, 0.717) is 21.8 Å². The van der Waals surface area contributed by atoms with E-state index >= 15 is 0 Å². The lowest BCUT2D eigenvalue weighted by atomic mass is 10.1. The summed E-state index contributed by atoms with van der Waals surface area (Å²) < 4.78 is 33.7. The highest BCUT2D eigenvalue weighted by atomic mass is 127. The quantitative estimate of drug-likeness (QED) is 0.585. The van der Waals surface area contributed by atoms with Crippen LogP contribution in [0, 0.1) is 9.49 Å². The first kappa shape index (κ1) is 20.5. The van der Waals surface area contributed by atoms with Crippen molar-refractivity contribution in [1.29, 1.82) is 0 Å². The highest BCUT2D eigenvalue weighted by Crippen LogP contribution is 2.26. The molecule has 26 heavy (non-hydrogen) atoms. The van der Waals surface area contributed by atoms with Crippen LogP contribution < -0.4 is 14.8 Å². The van der Waals surface area contributed by atoms with Gasteiger partial charge in [0.1, 0.15) is 5.75 Å². The zero-order chi connectivity index (χ0) is 19.3. The predicted molar refractivity (Wildman–Crippen MR) is 110 cm³/mol. The summed E-state index contributed by atoms with van der Waals surface area (Å²) in [7, 11) is -2.31. The topological polar surface area (TPSA) is 84.5 Å². The van der Waals surface area contributed by atoms with E-state index in [2.05, 4.69) is 10.0 Å². The summed E-state index contributed by atoms with van der Waals surface area (Å²) in [4.78, 5) is 12.5. The minimum Gasteiger partial charge on any atom is -0.496 e. The minimum atomic E-state index is -3.84. The van der Waals surface area contributed by atoms with E-state index in [4.69, 9.17) is 4.74 Å². The molecule has 0 saturated carbocycles. The maximum Gasteiger partial charge on any atom is 0.261 e. The first-order valence-electron chi connectivity index (χ1n) is 7.98. The normalized spacial score (nSPS) is 11.3. The van der Waals surface area contributed by atoms with Crippen LogP contribution in [-0.4, -0.2) is 28.0 Å². The van der Waals surface area contributed by atoms with Crippen LogP contribution in [0.4, 0.5) is 5.69 Å². The Morgan fingerprint density at radius 3 is 2.50 bits per heavy atom. The molecule has 0 aliphatic heterocycles. The molecule has 0 unspecified atom stereocenters. The second-order valence-corrected chi connectivity index (χ2v) is 8.90. The Kier molecular flexibility index (Phi) is 6.87. The van der Waals surface area contributed by atoms with Crippen molar-refractivity contribution in [1.82, 2.24) is 5.32 Å². The van der Waals surface area contributed by atoms with Gasteiger partial charge in [0.15, 0.2) is 0 Å². The number of anilines is 1. The zero-order valence-electron chi connectivity index (χ0n) is 14.7. The molecule has 2 N–H and O–H groups in total. The first-order chi connectivity index (χ1) is 12.2. The van der Waals surface area contributed by atoms with Crippen molar-refractivity contribution in [3.63, 3.8) is 0 Å². The van der Waals surface area contributed by atoms with Crippen LogP contribution in [0.1, 0.15) is 24.2 Å². The monoisotopic (exact) mass is 488 g/mol. The van der Waals surface area contributed by atoms with Crippen molar-refractivity contribution < 1.29 is 17.9 Å². The molecule has 0 saturated heterocycles. The number of carbonyl (C=O) groups excluding carboxylic acids is 1. The van der Waals surface area contributed by atoms with E-state index in [1.165, 1.54) is 19.2 Å². The number of sulfonamides is 1. The van der Waals surface area contributed by atoms with Gasteiger partial charge in [0.05, 0.1) is 26.8 Å². The molecule has 0 bridgehead atoms. The molecular formula is C18H21IN2O4S. The van der Waals surface area contributed by atoms with E-state index in [0.717, 1.165) is 0 Å². The molecule has 0 fully saturated rings. The standard InChI is InChI=1S/C18H21IN2O4S/c1-12(2)11-20-18(22)14-6-4-5-7-16(14)21-26(23,24)13-8-9-17(25-3)15(19)10-13/h4-10,12,21H,11H2,1-3H3,(H,20,22). The summed E-state index contributed by atoms with van der Waals surface area (Å²) in [5.74, 6) is 0.573. The van der Waals surface area contributed by atoms with Crippen molar-refractivity contribution in [3.8, 4) is 5.75 Å². The fourth-order valence-electron chi connectivity index (χ4n) is 2.18. The molecule has 1 amide bonds. The number of halogens is 1. The molecular weight excluding hydrogens is 467 g/mol. The number of hydrogen-bond acceptors (Lipinski definition) is 4. The van der Waals surface area contributed by atoms with E-state index in [1.807, 2.05) is 36.4 Å². The fourth-order valence-corrected chi connectivity index (χ4v) is 4.23. The van der Waals surface area contributed by atoms with Gasteiger partial charge in [-0.3, -0.25) is 9.52 Å². The number of amides is 1. The second kappa shape index (κ2) is 8.72. The first-order valence-corrected chi connectivity index (χ1v) is 10.5. The van der Waals surface area contributed by atoms with Crippen molar-refractivity contribution in [3.05, 3.63) is 51.6 Å². The molecule has 0 spiro atoms. The fraction of sp³-hybridized carbons (Fsp3) is 0.278. The third-order valence-electron chi connectivity index (χ3n) is 3.52. The lowest BCUT2D eigenvalue weighted by Gasteiger charge is -2.14. The summed E-state index contributed by atoms with van der Waals surface area (Å²) in [6, 6.07) is 11.1. The van der Waals surface area contributed by atoms with Crippen molar-refractivity contribution >= 4 is 44.2 Å². The SMILES string of the molecule is COc1ccc(S(=O)(=O)Nc2ccccc2C(=O)NCC(C)C)cc1I. The van der Waals surface area contributed by atoms with Crippen LogP contribution >= 0.6 is 22.6 Å². The Hall–Kier alpha value is -1.81. The molecule has 0 aromatic heterocycles. The molecule has 2 aromatic carbocycles. The second-order valence-electron chi connectivity index (χ2n) is 6.05. The summed E-state index contributed by atoms with van der Waals surface area (Å²) in [5, 5.41) is 2.80. The van der Waals surface area contributed by atoms with E-state index in [1.54, 1.807) is 30.3 Å². The maximum absolute atomic E-state index is 12.7. The molecule has 0 radical (unpaired) electrons. The lowest BCUT2D eigenvalue weighted by Crippen LogP contribution is -2.28. The molecule has 2 aromatic rings. The van der Waals surface area contributed by atoms with Gasteiger partial charge in [0.2, 0.25) is 0 Å². The number of rotatable bonds is 7. The van der Waals surface area contributed by atoms with Crippen LogP contribution in [0.25, 0.3) is 0 Å². The summed E-state index contributed by atoms with van der Waals surface area (Å²) in [5.41, 5.74) is 0.513. The van der Waals surface area contributed by atoms with Gasteiger partial charge in [0.25, 0.3) is 15.9 Å². The number of para-hydroxylation sites is 1. The van der Waals surface area contributed by atoms with Gasteiger partial charge in [-0.05, 0) is 58.8 Å². The van der Waals surface area contributed by atoms with Gasteiger partial charge in [0, 0.05) is 6.54 Å². The van der Waals surface area contributed by atoms with Gasteiger partial charge < -0.3 is 10.1 Å².